The molecule has 0 N–H and O–H groups in total. The molecule has 0 aliphatic rings. The smallest absolute Gasteiger partial charge is 0.0786 e. The van der Waals surface area contributed by atoms with Gasteiger partial charge in [0.05, 0.1) is 26.2 Å². The topological polar surface area (TPSA) is 0 Å². The second-order valence-corrected chi connectivity index (χ2v) is 22.3. The number of hydrogen-bond acceptors (Lipinski definition) is 0. The van der Waals surface area contributed by atoms with Crippen molar-refractivity contribution < 1.29 is 4.48 Å². The lowest BCUT2D eigenvalue weighted by Crippen LogP contribution is -2.50. The molecule has 0 aromatic heterocycles. The van der Waals surface area contributed by atoms with E-state index in [1.165, 1.54) is 384 Å². The van der Waals surface area contributed by atoms with Crippen molar-refractivity contribution >= 4 is 0 Å². The lowest BCUT2D eigenvalue weighted by molar-refractivity contribution is -0.929. The summed E-state index contributed by atoms with van der Waals surface area (Å²) in [7, 11) is 0. The van der Waals surface area contributed by atoms with Gasteiger partial charge in [-0.15, -0.1) is 0 Å². The first-order valence-electron chi connectivity index (χ1n) is 31.6. The Balaban J connectivity index is 4.75. The van der Waals surface area contributed by atoms with Crippen molar-refractivity contribution in [1.29, 1.82) is 0 Å². The molecule has 0 aromatic rings. The first-order chi connectivity index (χ1) is 31.7. The number of rotatable bonds is 59. The van der Waals surface area contributed by atoms with Gasteiger partial charge in [-0.2, -0.15) is 0 Å². The minimum absolute atomic E-state index is 1.37. The van der Waals surface area contributed by atoms with Crippen molar-refractivity contribution in [3.05, 3.63) is 0 Å². The normalized spacial score (nSPS) is 12.0. The van der Waals surface area contributed by atoms with E-state index in [2.05, 4.69) is 27.7 Å². The fraction of sp³-hybridized carbons (Fsp3) is 1.00. The SMILES string of the molecule is CCCCCCCCCCCCCCCCCC[N+](CCCCCCCCC)(CCCCCCCCCCCCCCCCCC)CCCCCCCCCCCCCCCCCC. The molecule has 0 rings (SSSR count). The molecule has 0 atom stereocenters. The van der Waals surface area contributed by atoms with Gasteiger partial charge in [-0.05, 0) is 51.4 Å². The molecular weight excluding hydrogens is 771 g/mol. The van der Waals surface area contributed by atoms with Crippen LogP contribution in [-0.2, 0) is 0 Å². The molecule has 0 amide bonds. The summed E-state index contributed by atoms with van der Waals surface area (Å²) in [4.78, 5) is 0. The van der Waals surface area contributed by atoms with E-state index in [1.54, 1.807) is 0 Å². The van der Waals surface area contributed by atoms with Crippen LogP contribution in [0.5, 0.6) is 0 Å². The minimum atomic E-state index is 1.37. The maximum Gasteiger partial charge on any atom is 0.0786 e. The van der Waals surface area contributed by atoms with Crippen LogP contribution in [0.15, 0.2) is 0 Å². The molecule has 0 bridgehead atoms. The first kappa shape index (κ1) is 64.0. The van der Waals surface area contributed by atoms with E-state index >= 15 is 0 Å². The third kappa shape index (κ3) is 51.4. The Morgan fingerprint density at radius 1 is 0.125 bits per heavy atom. The molecular formula is C63H130N+. The Morgan fingerprint density at radius 3 is 0.328 bits per heavy atom. The summed E-state index contributed by atoms with van der Waals surface area (Å²) >= 11 is 0. The summed E-state index contributed by atoms with van der Waals surface area (Å²) in [6.07, 6.45) is 81.2. The molecule has 1 heteroatoms. The zero-order valence-electron chi connectivity index (χ0n) is 46.2. The van der Waals surface area contributed by atoms with Gasteiger partial charge >= 0.3 is 0 Å². The summed E-state index contributed by atoms with van der Waals surface area (Å²) in [6, 6.07) is 0. The van der Waals surface area contributed by atoms with E-state index in [1.807, 2.05) is 0 Å². The van der Waals surface area contributed by atoms with Gasteiger partial charge in [0, 0.05) is 0 Å². The molecule has 0 radical (unpaired) electrons. The molecule has 1 nitrogen and oxygen atoms in total. The number of quaternary nitrogens is 1. The van der Waals surface area contributed by atoms with Crippen LogP contribution < -0.4 is 0 Å². The van der Waals surface area contributed by atoms with E-state index in [0.717, 1.165) is 0 Å². The van der Waals surface area contributed by atoms with Gasteiger partial charge < -0.3 is 4.48 Å². The summed E-state index contributed by atoms with van der Waals surface area (Å²) in [6.45, 7) is 15.3. The third-order valence-corrected chi connectivity index (χ3v) is 15.7. The Bertz CT molecular complexity index is 700. The average molecular weight is 902 g/mol. The number of nitrogens with zero attached hydrogens (tertiary/aromatic N) is 1. The zero-order valence-corrected chi connectivity index (χ0v) is 46.2. The van der Waals surface area contributed by atoms with Crippen LogP contribution in [0.25, 0.3) is 0 Å². The summed E-state index contributed by atoms with van der Waals surface area (Å²) in [5, 5.41) is 0. The monoisotopic (exact) mass is 901 g/mol. The molecule has 0 aromatic carbocycles. The Kier molecular flexibility index (Phi) is 57.2. The van der Waals surface area contributed by atoms with Crippen LogP contribution in [0.4, 0.5) is 0 Å². The van der Waals surface area contributed by atoms with Crippen LogP contribution in [0.1, 0.15) is 381 Å². The highest BCUT2D eigenvalue weighted by atomic mass is 15.3. The fourth-order valence-electron chi connectivity index (χ4n) is 11.1. The van der Waals surface area contributed by atoms with Gasteiger partial charge in [-0.1, -0.05) is 329 Å². The zero-order chi connectivity index (χ0) is 46.2. The van der Waals surface area contributed by atoms with E-state index in [0.29, 0.717) is 0 Å². The molecule has 0 aliphatic heterocycles. The van der Waals surface area contributed by atoms with Crippen LogP contribution in [0.2, 0.25) is 0 Å². The molecule has 0 aliphatic carbocycles. The summed E-state index contributed by atoms with van der Waals surface area (Å²) in [5.74, 6) is 0. The molecule has 0 spiro atoms. The molecule has 0 saturated heterocycles. The highest BCUT2D eigenvalue weighted by molar-refractivity contribution is 4.57. The summed E-state index contributed by atoms with van der Waals surface area (Å²) in [5.41, 5.74) is 0. The van der Waals surface area contributed by atoms with Crippen molar-refractivity contribution in [3.8, 4) is 0 Å². The van der Waals surface area contributed by atoms with Gasteiger partial charge in [0.25, 0.3) is 0 Å². The standard InChI is InChI=1S/C63H130N/c1-5-9-13-17-21-24-27-30-33-36-39-42-45-49-53-57-61-64(60-56-52-48-20-16-12-8-4,62-58-54-50-46-43-40-37-34-31-28-25-22-18-14-10-6-2)63-59-55-51-47-44-41-38-35-32-29-26-23-19-15-11-7-3/h5-63H2,1-4H3/q+1. The maximum atomic E-state index is 2.36. The third-order valence-electron chi connectivity index (χ3n) is 15.7. The fourth-order valence-corrected chi connectivity index (χ4v) is 11.1. The van der Waals surface area contributed by atoms with Crippen molar-refractivity contribution in [2.75, 3.05) is 26.2 Å². The van der Waals surface area contributed by atoms with Gasteiger partial charge in [-0.25, -0.2) is 0 Å². The van der Waals surface area contributed by atoms with Crippen LogP contribution in [0, 0.1) is 0 Å². The van der Waals surface area contributed by atoms with Crippen LogP contribution in [0.3, 0.4) is 0 Å². The minimum Gasteiger partial charge on any atom is -0.324 e. The molecule has 0 fully saturated rings. The highest BCUT2D eigenvalue weighted by Crippen LogP contribution is 2.23. The van der Waals surface area contributed by atoms with E-state index in [-0.39, 0.29) is 0 Å². The second-order valence-electron chi connectivity index (χ2n) is 22.3. The Labute approximate surface area is 409 Å². The molecule has 386 valence electrons. The van der Waals surface area contributed by atoms with E-state index in [9.17, 15) is 0 Å². The average Bonchev–Trinajstić information content (AvgIpc) is 3.30. The predicted molar refractivity (Wildman–Crippen MR) is 296 cm³/mol. The lowest BCUT2D eigenvalue weighted by Gasteiger charge is -2.40. The molecule has 0 unspecified atom stereocenters. The van der Waals surface area contributed by atoms with Crippen molar-refractivity contribution in [3.63, 3.8) is 0 Å². The van der Waals surface area contributed by atoms with Gasteiger partial charge in [0.1, 0.15) is 0 Å². The number of unbranched alkanes of at least 4 members (excludes halogenated alkanes) is 51. The molecule has 0 saturated carbocycles. The van der Waals surface area contributed by atoms with Gasteiger partial charge in [0.2, 0.25) is 0 Å². The van der Waals surface area contributed by atoms with E-state index in [4.69, 9.17) is 0 Å². The van der Waals surface area contributed by atoms with Gasteiger partial charge in [0.15, 0.2) is 0 Å². The summed E-state index contributed by atoms with van der Waals surface area (Å²) < 4.78 is 1.49. The first-order valence-corrected chi connectivity index (χ1v) is 31.6. The maximum absolute atomic E-state index is 2.36. The van der Waals surface area contributed by atoms with Crippen LogP contribution >= 0.6 is 0 Å². The van der Waals surface area contributed by atoms with Crippen molar-refractivity contribution in [2.45, 2.75) is 381 Å². The van der Waals surface area contributed by atoms with Crippen molar-refractivity contribution in [1.82, 2.24) is 0 Å². The number of hydrogen-bond donors (Lipinski definition) is 0. The molecule has 0 heterocycles. The van der Waals surface area contributed by atoms with Crippen molar-refractivity contribution in [2.24, 2.45) is 0 Å². The Hall–Kier alpha value is -0.0400. The highest BCUT2D eigenvalue weighted by Gasteiger charge is 2.26. The van der Waals surface area contributed by atoms with Gasteiger partial charge in [-0.3, -0.25) is 0 Å². The second kappa shape index (κ2) is 57.3. The Morgan fingerprint density at radius 2 is 0.219 bits per heavy atom. The molecule has 64 heavy (non-hydrogen) atoms. The largest absolute Gasteiger partial charge is 0.324 e. The predicted octanol–water partition coefficient (Wildman–Crippen LogP) is 23.3. The quantitative estimate of drug-likeness (QED) is 0.0421. The van der Waals surface area contributed by atoms with Crippen LogP contribution in [-0.4, -0.2) is 30.7 Å². The lowest BCUT2D eigenvalue weighted by atomic mass is 10.0. The van der Waals surface area contributed by atoms with E-state index < -0.39 is 0 Å².